The number of fused-ring (bicyclic) bond motifs is 1. The van der Waals surface area contributed by atoms with E-state index in [9.17, 15) is 14.4 Å². The van der Waals surface area contributed by atoms with Gasteiger partial charge in [-0.2, -0.15) is 0 Å². The van der Waals surface area contributed by atoms with Gasteiger partial charge in [0.2, 0.25) is 5.91 Å². The van der Waals surface area contributed by atoms with Gasteiger partial charge in [0.25, 0.3) is 5.56 Å². The third-order valence-corrected chi connectivity index (χ3v) is 4.75. The molecule has 0 fully saturated rings. The SMILES string of the molecule is CC[C@@H](C)n1c(=O)c2ccccc2n(CC(=O)NCc2ccccc2)c1=O. The summed E-state index contributed by atoms with van der Waals surface area (Å²) in [7, 11) is 0. The van der Waals surface area contributed by atoms with Gasteiger partial charge in [0.05, 0.1) is 10.9 Å². The molecule has 140 valence electrons. The molecule has 2 aromatic carbocycles. The molecule has 1 atom stereocenters. The molecule has 3 aromatic rings. The standard InChI is InChI=1S/C21H23N3O3/c1-3-15(2)24-20(26)17-11-7-8-12-18(17)23(21(24)27)14-19(25)22-13-16-9-5-4-6-10-16/h4-12,15H,3,13-14H2,1-2H3,(H,22,25)/t15-/m1/s1. The van der Waals surface area contributed by atoms with Gasteiger partial charge in [0.1, 0.15) is 6.54 Å². The lowest BCUT2D eigenvalue weighted by molar-refractivity contribution is -0.121. The number of amides is 1. The van der Waals surface area contributed by atoms with E-state index >= 15 is 0 Å². The Morgan fingerprint density at radius 1 is 1.04 bits per heavy atom. The van der Waals surface area contributed by atoms with Crippen molar-refractivity contribution in [2.45, 2.75) is 39.4 Å². The molecule has 0 saturated heterocycles. The molecule has 0 aliphatic carbocycles. The second-order valence-corrected chi connectivity index (χ2v) is 6.58. The molecule has 6 heteroatoms. The van der Waals surface area contributed by atoms with E-state index in [4.69, 9.17) is 0 Å². The summed E-state index contributed by atoms with van der Waals surface area (Å²) in [5.41, 5.74) is 0.684. The van der Waals surface area contributed by atoms with E-state index in [1.807, 2.05) is 44.2 Å². The number of rotatable bonds is 6. The van der Waals surface area contributed by atoms with Crippen molar-refractivity contribution in [2.75, 3.05) is 0 Å². The first-order valence-corrected chi connectivity index (χ1v) is 9.07. The molecule has 1 heterocycles. The number of aromatic nitrogens is 2. The maximum Gasteiger partial charge on any atom is 0.332 e. The highest BCUT2D eigenvalue weighted by atomic mass is 16.2. The number of carbonyl (C=O) groups excluding carboxylic acids is 1. The van der Waals surface area contributed by atoms with Gasteiger partial charge in [-0.3, -0.25) is 18.7 Å². The highest BCUT2D eigenvalue weighted by molar-refractivity contribution is 5.81. The van der Waals surface area contributed by atoms with Crippen LogP contribution in [0, 0.1) is 0 Å². The largest absolute Gasteiger partial charge is 0.350 e. The molecular formula is C21H23N3O3. The number of nitrogens with zero attached hydrogens (tertiary/aromatic N) is 2. The van der Waals surface area contributed by atoms with Gasteiger partial charge in [-0.05, 0) is 31.0 Å². The Bertz CT molecular complexity index is 1070. The Morgan fingerprint density at radius 2 is 1.70 bits per heavy atom. The van der Waals surface area contributed by atoms with Crippen molar-refractivity contribution in [3.8, 4) is 0 Å². The van der Waals surface area contributed by atoms with Crippen LogP contribution in [-0.4, -0.2) is 15.0 Å². The fraction of sp³-hybridized carbons (Fsp3) is 0.286. The van der Waals surface area contributed by atoms with E-state index < -0.39 is 5.69 Å². The summed E-state index contributed by atoms with van der Waals surface area (Å²) >= 11 is 0. The van der Waals surface area contributed by atoms with Gasteiger partial charge >= 0.3 is 5.69 Å². The minimum atomic E-state index is -0.456. The average molecular weight is 365 g/mol. The lowest BCUT2D eigenvalue weighted by Crippen LogP contribution is -2.43. The summed E-state index contributed by atoms with van der Waals surface area (Å²) in [5.74, 6) is -0.277. The van der Waals surface area contributed by atoms with Gasteiger partial charge in [0, 0.05) is 12.6 Å². The van der Waals surface area contributed by atoms with Gasteiger partial charge in [-0.1, -0.05) is 49.4 Å². The number of carbonyl (C=O) groups is 1. The Balaban J connectivity index is 1.97. The molecule has 3 rings (SSSR count). The van der Waals surface area contributed by atoms with Crippen LogP contribution in [0.2, 0.25) is 0 Å². The molecule has 1 N–H and O–H groups in total. The van der Waals surface area contributed by atoms with Crippen LogP contribution in [0.3, 0.4) is 0 Å². The summed E-state index contributed by atoms with van der Waals surface area (Å²) in [6.45, 7) is 4.00. The molecule has 0 saturated carbocycles. The first kappa shape index (κ1) is 18.6. The van der Waals surface area contributed by atoms with Crippen LogP contribution in [-0.2, 0) is 17.9 Å². The molecule has 6 nitrogen and oxygen atoms in total. The smallest absolute Gasteiger partial charge is 0.332 e. The monoisotopic (exact) mass is 365 g/mol. The first-order chi connectivity index (χ1) is 13.0. The molecule has 0 aliphatic heterocycles. The first-order valence-electron chi connectivity index (χ1n) is 9.07. The van der Waals surface area contributed by atoms with Crippen molar-refractivity contribution >= 4 is 16.8 Å². The number of nitrogens with one attached hydrogen (secondary N) is 1. The minimum absolute atomic E-state index is 0.136. The topological polar surface area (TPSA) is 73.1 Å². The molecular weight excluding hydrogens is 342 g/mol. The second kappa shape index (κ2) is 8.03. The van der Waals surface area contributed by atoms with E-state index in [1.165, 1.54) is 9.13 Å². The number of para-hydroxylation sites is 1. The lowest BCUT2D eigenvalue weighted by atomic mass is 10.2. The van der Waals surface area contributed by atoms with E-state index in [-0.39, 0.29) is 24.1 Å². The molecule has 0 radical (unpaired) electrons. The van der Waals surface area contributed by atoms with E-state index in [2.05, 4.69) is 5.32 Å². The maximum absolute atomic E-state index is 13.0. The summed E-state index contributed by atoms with van der Waals surface area (Å²) in [5, 5.41) is 3.27. The van der Waals surface area contributed by atoms with Crippen LogP contribution in [0.15, 0.2) is 64.2 Å². The highest BCUT2D eigenvalue weighted by Gasteiger charge is 2.17. The minimum Gasteiger partial charge on any atom is -0.350 e. The van der Waals surface area contributed by atoms with Gasteiger partial charge in [0.15, 0.2) is 0 Å². The van der Waals surface area contributed by atoms with Crippen molar-refractivity contribution in [3.05, 3.63) is 81.0 Å². The van der Waals surface area contributed by atoms with Crippen LogP contribution in [0.4, 0.5) is 0 Å². The van der Waals surface area contributed by atoms with Crippen LogP contribution < -0.4 is 16.6 Å². The zero-order chi connectivity index (χ0) is 19.4. The van der Waals surface area contributed by atoms with Gasteiger partial charge in [-0.15, -0.1) is 0 Å². The molecule has 0 bridgehead atoms. The van der Waals surface area contributed by atoms with Gasteiger partial charge < -0.3 is 5.32 Å². The fourth-order valence-corrected chi connectivity index (χ4v) is 3.06. The van der Waals surface area contributed by atoms with Crippen LogP contribution in [0.5, 0.6) is 0 Å². The summed E-state index contributed by atoms with van der Waals surface area (Å²) in [6.07, 6.45) is 0.647. The molecule has 1 aromatic heterocycles. The van der Waals surface area contributed by atoms with Crippen LogP contribution in [0.25, 0.3) is 10.9 Å². The molecule has 0 spiro atoms. The van der Waals surface area contributed by atoms with Crippen molar-refractivity contribution < 1.29 is 4.79 Å². The summed E-state index contributed by atoms with van der Waals surface area (Å²) < 4.78 is 2.62. The molecule has 27 heavy (non-hydrogen) atoms. The zero-order valence-electron chi connectivity index (χ0n) is 15.5. The Kier molecular flexibility index (Phi) is 5.54. The average Bonchev–Trinajstić information content (AvgIpc) is 2.70. The number of hydrogen-bond acceptors (Lipinski definition) is 3. The predicted molar refractivity (Wildman–Crippen MR) is 106 cm³/mol. The molecule has 0 aliphatic rings. The third kappa shape index (κ3) is 3.84. The third-order valence-electron chi connectivity index (χ3n) is 4.75. The van der Waals surface area contributed by atoms with E-state index in [0.29, 0.717) is 23.9 Å². The molecule has 1 amide bonds. The van der Waals surface area contributed by atoms with Gasteiger partial charge in [-0.25, -0.2) is 4.79 Å². The predicted octanol–water partition coefficient (Wildman–Crippen LogP) is 2.45. The zero-order valence-corrected chi connectivity index (χ0v) is 15.5. The normalized spacial score (nSPS) is 12.1. The quantitative estimate of drug-likeness (QED) is 0.729. The van der Waals surface area contributed by atoms with Crippen molar-refractivity contribution in [3.63, 3.8) is 0 Å². The number of hydrogen-bond donors (Lipinski definition) is 1. The Morgan fingerprint density at radius 3 is 2.41 bits per heavy atom. The van der Waals surface area contributed by atoms with Crippen molar-refractivity contribution in [1.82, 2.24) is 14.5 Å². The lowest BCUT2D eigenvalue weighted by Gasteiger charge is -2.17. The summed E-state index contributed by atoms with van der Waals surface area (Å²) in [4.78, 5) is 38.2. The van der Waals surface area contributed by atoms with E-state index in [1.54, 1.807) is 24.3 Å². The second-order valence-electron chi connectivity index (χ2n) is 6.58. The maximum atomic E-state index is 13.0. The van der Waals surface area contributed by atoms with Crippen molar-refractivity contribution in [2.24, 2.45) is 0 Å². The Labute approximate surface area is 157 Å². The Hall–Kier alpha value is -3.15. The number of benzene rings is 2. The van der Waals surface area contributed by atoms with E-state index in [0.717, 1.165) is 5.56 Å². The highest BCUT2D eigenvalue weighted by Crippen LogP contribution is 2.11. The molecule has 0 unspecified atom stereocenters. The fourth-order valence-electron chi connectivity index (χ4n) is 3.06. The summed E-state index contributed by atoms with van der Waals surface area (Å²) in [6, 6.07) is 16.2. The van der Waals surface area contributed by atoms with Crippen LogP contribution >= 0.6 is 0 Å². The van der Waals surface area contributed by atoms with Crippen molar-refractivity contribution in [1.29, 1.82) is 0 Å². The van der Waals surface area contributed by atoms with Crippen LogP contribution in [0.1, 0.15) is 31.9 Å².